The number of carbonyl (C=O) groups is 2. The normalized spacial score (nSPS) is 15.7. The molecular formula is C19H25F3N2O5. The molecule has 0 heterocycles. The van der Waals surface area contributed by atoms with Gasteiger partial charge in [0.2, 0.25) is 0 Å². The first-order valence-electron chi connectivity index (χ1n) is 9.38. The lowest BCUT2D eigenvalue weighted by atomic mass is 10.2. The van der Waals surface area contributed by atoms with E-state index in [1.807, 2.05) is 30.3 Å². The average molecular weight is 418 g/mol. The molecule has 0 aliphatic heterocycles. The van der Waals surface area contributed by atoms with Crippen molar-refractivity contribution in [2.24, 2.45) is 0 Å². The van der Waals surface area contributed by atoms with Crippen LogP contribution in [0.1, 0.15) is 31.2 Å². The van der Waals surface area contributed by atoms with Gasteiger partial charge in [-0.25, -0.2) is 4.79 Å². The highest BCUT2D eigenvalue weighted by atomic mass is 19.4. The number of alkyl carbamates (subject to hydrolysis) is 1. The standard InChI is InChI=1S/C19H25F3N2O5/c20-19(21,22)16(25)23-10-12-28-18(8-4-5-9-18)29-13-11-24-17(26)27-14-15-6-2-1-3-7-15/h1-3,6-7H,4-5,8-14H2,(H,23,25)(H,24,26). The third-order valence-corrected chi connectivity index (χ3v) is 4.32. The Morgan fingerprint density at radius 2 is 1.55 bits per heavy atom. The molecule has 10 heteroatoms. The minimum Gasteiger partial charge on any atom is -0.445 e. The van der Waals surface area contributed by atoms with Crippen molar-refractivity contribution in [2.45, 2.75) is 44.3 Å². The van der Waals surface area contributed by atoms with Crippen LogP contribution in [-0.2, 0) is 25.6 Å². The van der Waals surface area contributed by atoms with Gasteiger partial charge in [0.25, 0.3) is 0 Å². The van der Waals surface area contributed by atoms with E-state index < -0.39 is 24.0 Å². The summed E-state index contributed by atoms with van der Waals surface area (Å²) in [7, 11) is 0. The maximum Gasteiger partial charge on any atom is 0.471 e. The molecule has 1 aliphatic rings. The zero-order chi connectivity index (χ0) is 21.2. The van der Waals surface area contributed by atoms with E-state index in [4.69, 9.17) is 14.2 Å². The number of amides is 2. The Hall–Kier alpha value is -2.33. The first-order chi connectivity index (χ1) is 13.8. The summed E-state index contributed by atoms with van der Waals surface area (Å²) in [6.07, 6.45) is -2.57. The summed E-state index contributed by atoms with van der Waals surface area (Å²) < 4.78 is 52.9. The summed E-state index contributed by atoms with van der Waals surface area (Å²) in [6.45, 7) is 0.144. The molecule has 2 N–H and O–H groups in total. The first-order valence-corrected chi connectivity index (χ1v) is 9.38. The molecule has 0 saturated heterocycles. The molecule has 1 aromatic rings. The van der Waals surface area contributed by atoms with Gasteiger partial charge in [0, 0.05) is 25.9 Å². The highest BCUT2D eigenvalue weighted by molar-refractivity contribution is 5.81. The van der Waals surface area contributed by atoms with Crippen LogP contribution in [0.25, 0.3) is 0 Å². The number of alkyl halides is 3. The van der Waals surface area contributed by atoms with Gasteiger partial charge in [0.1, 0.15) is 6.61 Å². The van der Waals surface area contributed by atoms with E-state index in [0.29, 0.717) is 12.8 Å². The number of nitrogens with one attached hydrogen (secondary N) is 2. The zero-order valence-corrected chi connectivity index (χ0v) is 15.9. The number of ether oxygens (including phenoxy) is 3. The van der Waals surface area contributed by atoms with E-state index in [0.717, 1.165) is 18.4 Å². The van der Waals surface area contributed by atoms with Gasteiger partial charge in [-0.3, -0.25) is 4.79 Å². The van der Waals surface area contributed by atoms with E-state index >= 15 is 0 Å². The van der Waals surface area contributed by atoms with Gasteiger partial charge in [0.05, 0.1) is 13.2 Å². The van der Waals surface area contributed by atoms with Crippen LogP contribution in [0.3, 0.4) is 0 Å². The van der Waals surface area contributed by atoms with Gasteiger partial charge in [-0.1, -0.05) is 30.3 Å². The van der Waals surface area contributed by atoms with E-state index in [2.05, 4.69) is 5.32 Å². The summed E-state index contributed by atoms with van der Waals surface area (Å²) in [5, 5.41) is 4.32. The maximum absolute atomic E-state index is 12.2. The summed E-state index contributed by atoms with van der Waals surface area (Å²) in [4.78, 5) is 22.5. The molecular weight excluding hydrogens is 393 g/mol. The molecule has 1 aromatic carbocycles. The summed E-state index contributed by atoms with van der Waals surface area (Å²) >= 11 is 0. The van der Waals surface area contributed by atoms with Crippen molar-refractivity contribution in [3.05, 3.63) is 35.9 Å². The summed E-state index contributed by atoms with van der Waals surface area (Å²) in [5.41, 5.74) is 0.870. The molecule has 0 bridgehead atoms. The van der Waals surface area contributed by atoms with Gasteiger partial charge < -0.3 is 24.8 Å². The third kappa shape index (κ3) is 8.28. The van der Waals surface area contributed by atoms with Crippen molar-refractivity contribution in [2.75, 3.05) is 26.3 Å². The molecule has 1 saturated carbocycles. The predicted octanol–water partition coefficient (Wildman–Crippen LogP) is 2.89. The molecule has 29 heavy (non-hydrogen) atoms. The number of carbonyl (C=O) groups excluding carboxylic acids is 2. The molecule has 1 aliphatic carbocycles. The lowest BCUT2D eigenvalue weighted by Crippen LogP contribution is -2.41. The largest absolute Gasteiger partial charge is 0.471 e. The van der Waals surface area contributed by atoms with E-state index in [-0.39, 0.29) is 32.9 Å². The first kappa shape index (κ1) is 23.0. The topological polar surface area (TPSA) is 85.9 Å². The summed E-state index contributed by atoms with van der Waals surface area (Å²) in [5.74, 6) is -2.90. The number of halogens is 3. The SMILES string of the molecule is O=C(NCCOC1(OCCNC(=O)C(F)(F)F)CCCC1)OCc1ccccc1. The van der Waals surface area contributed by atoms with Crippen molar-refractivity contribution in [3.63, 3.8) is 0 Å². The Morgan fingerprint density at radius 3 is 2.14 bits per heavy atom. The van der Waals surface area contributed by atoms with Crippen molar-refractivity contribution >= 4 is 12.0 Å². The Morgan fingerprint density at radius 1 is 0.966 bits per heavy atom. The minimum absolute atomic E-state index is 0.103. The van der Waals surface area contributed by atoms with Crippen molar-refractivity contribution in [1.29, 1.82) is 0 Å². The molecule has 162 valence electrons. The Balaban J connectivity index is 1.63. The van der Waals surface area contributed by atoms with E-state index in [1.165, 1.54) is 0 Å². The van der Waals surface area contributed by atoms with Gasteiger partial charge in [0.15, 0.2) is 5.79 Å². The lowest BCUT2D eigenvalue weighted by molar-refractivity contribution is -0.231. The maximum atomic E-state index is 12.2. The third-order valence-electron chi connectivity index (χ3n) is 4.32. The van der Waals surface area contributed by atoms with Crippen LogP contribution < -0.4 is 10.6 Å². The average Bonchev–Trinajstić information content (AvgIpc) is 3.16. The number of benzene rings is 1. The van der Waals surface area contributed by atoms with Crippen LogP contribution in [0.15, 0.2) is 30.3 Å². The molecule has 0 aromatic heterocycles. The lowest BCUT2D eigenvalue weighted by Gasteiger charge is -2.29. The highest BCUT2D eigenvalue weighted by Gasteiger charge is 2.39. The van der Waals surface area contributed by atoms with Crippen molar-refractivity contribution in [3.8, 4) is 0 Å². The Labute approximate surface area is 166 Å². The second-order valence-corrected chi connectivity index (χ2v) is 6.56. The second-order valence-electron chi connectivity index (χ2n) is 6.56. The smallest absolute Gasteiger partial charge is 0.445 e. The highest BCUT2D eigenvalue weighted by Crippen LogP contribution is 2.34. The number of hydrogen-bond acceptors (Lipinski definition) is 5. The number of hydrogen-bond donors (Lipinski definition) is 2. The quantitative estimate of drug-likeness (QED) is 0.451. The molecule has 0 unspecified atom stereocenters. The molecule has 0 atom stereocenters. The van der Waals surface area contributed by atoms with Crippen LogP contribution in [-0.4, -0.2) is 50.3 Å². The fraction of sp³-hybridized carbons (Fsp3) is 0.579. The molecule has 0 radical (unpaired) electrons. The van der Waals surface area contributed by atoms with Crippen molar-refractivity contribution in [1.82, 2.24) is 10.6 Å². The molecule has 2 rings (SSSR count). The van der Waals surface area contributed by atoms with E-state index in [9.17, 15) is 22.8 Å². The van der Waals surface area contributed by atoms with Gasteiger partial charge in [-0.15, -0.1) is 0 Å². The predicted molar refractivity (Wildman–Crippen MR) is 96.8 cm³/mol. The molecule has 7 nitrogen and oxygen atoms in total. The van der Waals surface area contributed by atoms with Crippen molar-refractivity contribution < 1.29 is 37.0 Å². The zero-order valence-electron chi connectivity index (χ0n) is 15.9. The van der Waals surface area contributed by atoms with Crippen LogP contribution in [0.4, 0.5) is 18.0 Å². The van der Waals surface area contributed by atoms with E-state index in [1.54, 1.807) is 5.32 Å². The van der Waals surface area contributed by atoms with Gasteiger partial charge in [-0.2, -0.15) is 13.2 Å². The van der Waals surface area contributed by atoms with Gasteiger partial charge >= 0.3 is 18.2 Å². The fourth-order valence-corrected chi connectivity index (χ4v) is 2.91. The van der Waals surface area contributed by atoms with Crippen LogP contribution in [0.5, 0.6) is 0 Å². The monoisotopic (exact) mass is 418 g/mol. The Bertz CT molecular complexity index is 649. The molecule has 2 amide bonds. The Kier molecular flexibility index (Phi) is 8.71. The second kappa shape index (κ2) is 11.0. The number of rotatable bonds is 10. The fourth-order valence-electron chi connectivity index (χ4n) is 2.91. The van der Waals surface area contributed by atoms with Crippen LogP contribution >= 0.6 is 0 Å². The molecule has 1 fully saturated rings. The minimum atomic E-state index is -4.91. The van der Waals surface area contributed by atoms with Crippen LogP contribution in [0, 0.1) is 0 Å². The van der Waals surface area contributed by atoms with Crippen LogP contribution in [0.2, 0.25) is 0 Å². The molecule has 0 spiro atoms. The summed E-state index contributed by atoms with van der Waals surface area (Å²) in [6, 6.07) is 9.25. The van der Waals surface area contributed by atoms with Gasteiger partial charge in [-0.05, 0) is 18.4 Å².